The molecule has 0 spiro atoms. The van der Waals surface area contributed by atoms with Gasteiger partial charge in [0.2, 0.25) is 14.2 Å². The molecule has 0 saturated heterocycles. The summed E-state index contributed by atoms with van der Waals surface area (Å²) in [6.45, 7) is 9.34. The highest BCUT2D eigenvalue weighted by atomic mass is 28.4. The number of carbonyl (C=O) groups excluding carboxylic acids is 1. The fourth-order valence-electron chi connectivity index (χ4n) is 0.867. The van der Waals surface area contributed by atoms with Gasteiger partial charge in [-0.15, -0.1) is 0 Å². The minimum absolute atomic E-state index is 0.120. The molecule has 0 saturated carbocycles. The van der Waals surface area contributed by atoms with E-state index < -0.39 is 8.32 Å². The van der Waals surface area contributed by atoms with E-state index in [2.05, 4.69) is 11.9 Å². The molecule has 0 aromatic heterocycles. The zero-order chi connectivity index (χ0) is 10.5. The van der Waals surface area contributed by atoms with Gasteiger partial charge in [-0.2, -0.15) is 0 Å². The predicted molar refractivity (Wildman–Crippen MR) is 55.4 cm³/mol. The van der Waals surface area contributed by atoms with Crippen molar-refractivity contribution in [2.75, 3.05) is 6.54 Å². The van der Waals surface area contributed by atoms with Gasteiger partial charge in [-0.3, -0.25) is 9.59 Å². The van der Waals surface area contributed by atoms with Gasteiger partial charge in [0.05, 0.1) is 0 Å². The average Bonchev–Trinajstić information content (AvgIpc) is 1.95. The molecule has 1 amide bonds. The van der Waals surface area contributed by atoms with Crippen molar-refractivity contribution >= 4 is 14.2 Å². The summed E-state index contributed by atoms with van der Waals surface area (Å²) in [6.07, 6.45) is 0.780. The lowest BCUT2D eigenvalue weighted by atomic mass is 10.3. The first-order chi connectivity index (χ1) is 5.83. The van der Waals surface area contributed by atoms with E-state index in [4.69, 9.17) is 0 Å². The van der Waals surface area contributed by atoms with Crippen LogP contribution in [0.25, 0.3) is 0 Å². The van der Waals surface area contributed by atoms with Gasteiger partial charge < -0.3 is 5.32 Å². The standard InChI is InChI=1S/C9H18NO2Si/c1-8(2)9(11)10-6-5-7-13(3,4)12/h1,5-7H2,2-4H3,(H,10,11). The Morgan fingerprint density at radius 1 is 1.46 bits per heavy atom. The molecule has 0 bridgehead atoms. The molecule has 3 nitrogen and oxygen atoms in total. The molecule has 75 valence electrons. The first-order valence-electron chi connectivity index (χ1n) is 4.47. The second kappa shape index (κ2) is 5.19. The van der Waals surface area contributed by atoms with Crippen molar-refractivity contribution in [2.45, 2.75) is 32.5 Å². The highest BCUT2D eigenvalue weighted by molar-refractivity contribution is 6.69. The molecule has 13 heavy (non-hydrogen) atoms. The average molecular weight is 200 g/mol. The van der Waals surface area contributed by atoms with E-state index in [-0.39, 0.29) is 5.91 Å². The Balaban J connectivity index is 3.47. The summed E-state index contributed by atoms with van der Waals surface area (Å²) >= 11 is 0. The summed E-state index contributed by atoms with van der Waals surface area (Å²) in [5.74, 6) is -0.120. The Morgan fingerprint density at radius 3 is 2.38 bits per heavy atom. The lowest BCUT2D eigenvalue weighted by molar-refractivity contribution is -0.117. The molecular weight excluding hydrogens is 182 g/mol. The van der Waals surface area contributed by atoms with Crippen LogP contribution in [0.2, 0.25) is 19.1 Å². The maximum atomic E-state index is 11.3. The van der Waals surface area contributed by atoms with Crippen LogP contribution in [0.1, 0.15) is 13.3 Å². The molecule has 0 unspecified atom stereocenters. The molecule has 0 aliphatic rings. The smallest absolute Gasteiger partial charge is 0.246 e. The van der Waals surface area contributed by atoms with Gasteiger partial charge in [-0.1, -0.05) is 6.58 Å². The fraction of sp³-hybridized carbons (Fsp3) is 0.667. The molecule has 0 atom stereocenters. The van der Waals surface area contributed by atoms with Crippen molar-refractivity contribution in [1.82, 2.24) is 5.32 Å². The Labute approximate surface area is 81.0 Å². The van der Waals surface area contributed by atoms with Crippen molar-refractivity contribution in [1.29, 1.82) is 0 Å². The number of carbonyl (C=O) groups is 1. The summed E-state index contributed by atoms with van der Waals surface area (Å²) in [4.78, 5) is 22.3. The van der Waals surface area contributed by atoms with E-state index in [1.165, 1.54) is 0 Å². The van der Waals surface area contributed by atoms with Crippen LogP contribution in [-0.2, 0) is 9.59 Å². The number of rotatable bonds is 5. The maximum Gasteiger partial charge on any atom is 0.246 e. The molecule has 1 N–H and O–H groups in total. The van der Waals surface area contributed by atoms with Gasteiger partial charge in [0.25, 0.3) is 0 Å². The second-order valence-electron chi connectivity index (χ2n) is 3.90. The third-order valence-electron chi connectivity index (χ3n) is 1.63. The van der Waals surface area contributed by atoms with Gasteiger partial charge in [0.15, 0.2) is 0 Å². The Bertz CT molecular complexity index is 196. The summed E-state index contributed by atoms with van der Waals surface area (Å²) in [6, 6.07) is 0.712. The van der Waals surface area contributed by atoms with Crippen molar-refractivity contribution in [3.05, 3.63) is 12.2 Å². The van der Waals surface area contributed by atoms with Gasteiger partial charge in [-0.25, -0.2) is 0 Å². The van der Waals surface area contributed by atoms with Crippen molar-refractivity contribution in [2.24, 2.45) is 0 Å². The highest BCUT2D eigenvalue weighted by Gasteiger charge is 2.18. The summed E-state index contributed by atoms with van der Waals surface area (Å²) in [5.41, 5.74) is 0.513. The lowest BCUT2D eigenvalue weighted by Crippen LogP contribution is -2.28. The molecule has 0 heterocycles. The normalized spacial score (nSPS) is 11.1. The number of hydrogen-bond acceptors (Lipinski definition) is 1. The molecule has 4 heteroatoms. The third kappa shape index (κ3) is 7.74. The van der Waals surface area contributed by atoms with Crippen LogP contribution in [0.5, 0.6) is 0 Å². The lowest BCUT2D eigenvalue weighted by Gasteiger charge is -2.10. The van der Waals surface area contributed by atoms with Crippen LogP contribution < -0.4 is 5.32 Å². The molecule has 0 aromatic rings. The predicted octanol–water partition coefficient (Wildman–Crippen LogP) is 1.70. The molecule has 0 aromatic carbocycles. The molecule has 0 aliphatic carbocycles. The fourth-order valence-corrected chi connectivity index (χ4v) is 1.90. The minimum Gasteiger partial charge on any atom is -0.352 e. The zero-order valence-electron chi connectivity index (χ0n) is 8.64. The van der Waals surface area contributed by atoms with E-state index in [9.17, 15) is 9.59 Å². The van der Waals surface area contributed by atoms with Crippen LogP contribution in [0.15, 0.2) is 12.2 Å². The highest BCUT2D eigenvalue weighted by Crippen LogP contribution is 2.07. The SMILES string of the molecule is C=C(C)C(=O)NCCC[Si](C)(C)[O]. The number of hydrogen-bond donors (Lipinski definition) is 1. The zero-order valence-corrected chi connectivity index (χ0v) is 9.64. The van der Waals surface area contributed by atoms with Crippen molar-refractivity contribution in [3.8, 4) is 0 Å². The minimum atomic E-state index is -2.18. The van der Waals surface area contributed by atoms with Gasteiger partial charge >= 0.3 is 0 Å². The topological polar surface area (TPSA) is 49.0 Å². The summed E-state index contributed by atoms with van der Waals surface area (Å²) in [7, 11) is -2.18. The van der Waals surface area contributed by atoms with Gasteiger partial charge in [0, 0.05) is 12.1 Å². The Hall–Kier alpha value is -0.613. The van der Waals surface area contributed by atoms with Crippen LogP contribution in [-0.4, -0.2) is 20.8 Å². The van der Waals surface area contributed by atoms with Crippen molar-refractivity contribution < 1.29 is 9.59 Å². The molecule has 1 radical (unpaired) electrons. The monoisotopic (exact) mass is 200 g/mol. The van der Waals surface area contributed by atoms with Crippen molar-refractivity contribution in [3.63, 3.8) is 0 Å². The van der Waals surface area contributed by atoms with Crippen LogP contribution >= 0.6 is 0 Å². The Kier molecular flexibility index (Phi) is 4.94. The number of nitrogens with one attached hydrogen (secondary N) is 1. The third-order valence-corrected chi connectivity index (χ3v) is 3.19. The first kappa shape index (κ1) is 12.4. The Morgan fingerprint density at radius 2 is 2.00 bits per heavy atom. The maximum absolute atomic E-state index is 11.3. The van der Waals surface area contributed by atoms with Crippen LogP contribution in [0.4, 0.5) is 0 Å². The van der Waals surface area contributed by atoms with E-state index >= 15 is 0 Å². The van der Waals surface area contributed by atoms with Crippen LogP contribution in [0.3, 0.4) is 0 Å². The summed E-state index contributed by atoms with van der Waals surface area (Å²) in [5, 5.41) is 2.70. The first-order valence-corrected chi connectivity index (χ1v) is 7.58. The quantitative estimate of drug-likeness (QED) is 0.410. The van der Waals surface area contributed by atoms with Gasteiger partial charge in [0.1, 0.15) is 0 Å². The van der Waals surface area contributed by atoms with E-state index in [1.807, 2.05) is 0 Å². The summed E-state index contributed by atoms with van der Waals surface area (Å²) < 4.78 is 0. The van der Waals surface area contributed by atoms with Crippen LogP contribution in [0, 0.1) is 0 Å². The van der Waals surface area contributed by atoms with E-state index in [0.29, 0.717) is 18.2 Å². The molecule has 0 fully saturated rings. The molecule has 0 rings (SSSR count). The second-order valence-corrected chi connectivity index (χ2v) is 7.92. The molecule has 0 aliphatic heterocycles. The number of amides is 1. The molecular formula is C9H18NO2Si. The largest absolute Gasteiger partial charge is 0.352 e. The van der Waals surface area contributed by atoms with E-state index in [1.54, 1.807) is 20.0 Å². The van der Waals surface area contributed by atoms with E-state index in [0.717, 1.165) is 6.42 Å². The van der Waals surface area contributed by atoms with Gasteiger partial charge in [-0.05, 0) is 32.5 Å².